The lowest BCUT2D eigenvalue weighted by molar-refractivity contribution is -0.208. The Morgan fingerprint density at radius 3 is 2.39 bits per heavy atom. The molecule has 0 spiro atoms. The second-order valence-corrected chi connectivity index (χ2v) is 12.5. The Kier molecular flexibility index (Phi) is 11.2. The van der Waals surface area contributed by atoms with E-state index in [2.05, 4.69) is 15.3 Å². The number of methoxy groups -OCH3 is 1. The molecule has 0 N–H and O–H groups in total. The fraction of sp³-hybridized carbons (Fsp3) is 0.464. The van der Waals surface area contributed by atoms with Gasteiger partial charge < -0.3 is 28.6 Å². The Balaban J connectivity index is 1.57. The van der Waals surface area contributed by atoms with E-state index in [9.17, 15) is 18.4 Å². The molecule has 12 nitrogen and oxygen atoms in total. The average Bonchev–Trinajstić information content (AvgIpc) is 3.51. The van der Waals surface area contributed by atoms with E-state index in [1.807, 2.05) is 4.90 Å². The van der Waals surface area contributed by atoms with Crippen molar-refractivity contribution in [2.24, 2.45) is 0 Å². The van der Waals surface area contributed by atoms with E-state index in [4.69, 9.17) is 58.5 Å². The number of benzene rings is 1. The normalized spacial score (nSPS) is 23.3. The minimum atomic E-state index is -1.11. The number of carbonyl (C=O) groups excluding carboxylic acids is 2. The lowest BCUT2D eigenvalue weighted by Crippen LogP contribution is -2.57. The third-order valence-corrected chi connectivity index (χ3v) is 9.37. The molecule has 2 fully saturated rings. The first-order valence-electron chi connectivity index (χ1n) is 13.9. The predicted molar refractivity (Wildman–Crippen MR) is 164 cm³/mol. The summed E-state index contributed by atoms with van der Waals surface area (Å²) < 4.78 is 58.8. The number of anilines is 1. The maximum Gasteiger partial charge on any atom is 0.303 e. The second kappa shape index (κ2) is 15.0. The lowest BCUT2D eigenvalue weighted by atomic mass is 9.96. The topological polar surface area (TPSA) is 127 Å². The quantitative estimate of drug-likeness (QED) is 0.168. The third-order valence-electron chi connectivity index (χ3n) is 7.17. The number of morpholine rings is 1. The highest BCUT2D eigenvalue weighted by atomic mass is 35.5. The molecule has 0 radical (unpaired) electrons. The summed E-state index contributed by atoms with van der Waals surface area (Å²) in [6.07, 6.45) is -1.60. The van der Waals surface area contributed by atoms with Gasteiger partial charge in [0, 0.05) is 39.6 Å². The van der Waals surface area contributed by atoms with Gasteiger partial charge in [-0.1, -0.05) is 51.8 Å². The number of ether oxygens (including phenoxy) is 5. The van der Waals surface area contributed by atoms with Crippen molar-refractivity contribution in [2.45, 2.75) is 48.5 Å². The first kappa shape index (κ1) is 34.5. The number of nitrogens with zero attached hydrogens (tertiary/aromatic N) is 5. The highest BCUT2D eigenvalue weighted by Crippen LogP contribution is 2.44. The number of hydrogen-bond acceptors (Lipinski definition) is 12. The Morgan fingerprint density at radius 1 is 1.07 bits per heavy atom. The second-order valence-electron chi connectivity index (χ2n) is 10.2. The molecular formula is C28H28Cl3F2N5O7S. The fourth-order valence-electron chi connectivity index (χ4n) is 5.12. The zero-order valence-electron chi connectivity index (χ0n) is 24.6. The predicted octanol–water partition coefficient (Wildman–Crippen LogP) is 4.98. The van der Waals surface area contributed by atoms with Crippen LogP contribution in [0.5, 0.6) is 0 Å². The summed E-state index contributed by atoms with van der Waals surface area (Å²) >= 11 is 19.6. The van der Waals surface area contributed by atoms with Crippen molar-refractivity contribution < 1.29 is 42.1 Å². The van der Waals surface area contributed by atoms with Gasteiger partial charge in [0.15, 0.2) is 6.10 Å². The molecule has 46 heavy (non-hydrogen) atoms. The Labute approximate surface area is 281 Å². The van der Waals surface area contributed by atoms with Gasteiger partial charge in [-0.2, -0.15) is 0 Å². The summed E-state index contributed by atoms with van der Waals surface area (Å²) in [6.45, 7) is 4.23. The molecule has 2 aliphatic rings. The summed E-state index contributed by atoms with van der Waals surface area (Å²) in [4.78, 5) is 31.3. The monoisotopic (exact) mass is 721 g/mol. The van der Waals surface area contributed by atoms with Crippen LogP contribution in [0, 0.1) is 11.6 Å². The van der Waals surface area contributed by atoms with Crippen molar-refractivity contribution >= 4 is 64.3 Å². The summed E-state index contributed by atoms with van der Waals surface area (Å²) in [6, 6.07) is 2.77. The molecule has 248 valence electrons. The first-order chi connectivity index (χ1) is 22.0. The highest BCUT2D eigenvalue weighted by Gasteiger charge is 2.51. The van der Waals surface area contributed by atoms with Crippen LogP contribution >= 0.6 is 46.6 Å². The third kappa shape index (κ3) is 7.67. The number of hydrogen-bond donors (Lipinski definition) is 0. The lowest BCUT2D eigenvalue weighted by Gasteiger charge is -2.45. The standard InChI is InChI=1S/C28H28Cl3F2N5O7S/c1-13(39)43-12-20-24(44-14(2)40)23(38-11-19(35-36-38)15-8-17(32)22(30)18(33)9-15)25(41-3)28(45-20)46-21-10-16(29)26(31)34-27(21)37-4-6-42-7-5-37/h8-11,20,23-25,28H,4-7,12H2,1-3H3/t20?,23?,24-,25?,28+/m0/s1. The summed E-state index contributed by atoms with van der Waals surface area (Å²) in [5.41, 5.74) is -0.698. The Morgan fingerprint density at radius 2 is 1.76 bits per heavy atom. The fourth-order valence-corrected chi connectivity index (χ4v) is 6.91. The summed E-state index contributed by atoms with van der Waals surface area (Å²) in [5, 5.41) is 7.99. The number of halogens is 5. The molecule has 4 heterocycles. The maximum absolute atomic E-state index is 14.3. The minimum Gasteiger partial charge on any atom is -0.463 e. The van der Waals surface area contributed by atoms with Crippen LogP contribution in [0.2, 0.25) is 15.2 Å². The zero-order valence-corrected chi connectivity index (χ0v) is 27.7. The molecule has 2 aromatic heterocycles. The molecule has 0 amide bonds. The molecule has 0 saturated carbocycles. The van der Waals surface area contributed by atoms with E-state index in [0.717, 1.165) is 12.1 Å². The molecule has 0 aliphatic carbocycles. The van der Waals surface area contributed by atoms with Crippen molar-refractivity contribution in [3.05, 3.63) is 51.2 Å². The molecule has 5 rings (SSSR count). The smallest absolute Gasteiger partial charge is 0.303 e. The van der Waals surface area contributed by atoms with Crippen molar-refractivity contribution in [3.63, 3.8) is 0 Å². The van der Waals surface area contributed by atoms with E-state index in [1.54, 1.807) is 6.07 Å². The Hall–Kier alpha value is -2.79. The molecule has 2 aliphatic heterocycles. The van der Waals surface area contributed by atoms with Gasteiger partial charge in [-0.3, -0.25) is 9.59 Å². The van der Waals surface area contributed by atoms with Crippen molar-refractivity contribution in [1.29, 1.82) is 0 Å². The van der Waals surface area contributed by atoms with E-state index in [1.165, 1.54) is 43.6 Å². The molecule has 3 unspecified atom stereocenters. The van der Waals surface area contributed by atoms with Crippen LogP contribution in [0.1, 0.15) is 19.9 Å². The molecule has 1 aromatic carbocycles. The van der Waals surface area contributed by atoms with E-state index in [0.29, 0.717) is 37.0 Å². The van der Waals surface area contributed by atoms with Crippen molar-refractivity contribution in [3.8, 4) is 11.3 Å². The number of rotatable bonds is 9. The minimum absolute atomic E-state index is 0.0649. The van der Waals surface area contributed by atoms with Crippen molar-refractivity contribution in [2.75, 3.05) is 44.9 Å². The van der Waals surface area contributed by atoms with Crippen LogP contribution in [-0.4, -0.2) is 95.7 Å². The van der Waals surface area contributed by atoms with Gasteiger partial charge in [0.05, 0.1) is 29.3 Å². The number of pyridine rings is 1. The van der Waals surface area contributed by atoms with Gasteiger partial charge in [-0.05, 0) is 18.2 Å². The number of esters is 2. The number of carbonyl (C=O) groups is 2. The largest absolute Gasteiger partial charge is 0.463 e. The maximum atomic E-state index is 14.3. The van der Waals surface area contributed by atoms with Gasteiger partial charge in [0.25, 0.3) is 0 Å². The molecule has 2 saturated heterocycles. The van der Waals surface area contributed by atoms with Crippen LogP contribution < -0.4 is 4.90 Å². The molecular weight excluding hydrogens is 695 g/mol. The van der Waals surface area contributed by atoms with Gasteiger partial charge >= 0.3 is 11.9 Å². The number of thioether (sulfide) groups is 1. The first-order valence-corrected chi connectivity index (χ1v) is 15.9. The molecule has 3 aromatic rings. The number of aromatic nitrogens is 4. The van der Waals surface area contributed by atoms with Crippen LogP contribution in [0.15, 0.2) is 29.3 Å². The van der Waals surface area contributed by atoms with Crippen LogP contribution in [0.25, 0.3) is 11.3 Å². The molecule has 18 heteroatoms. The van der Waals surface area contributed by atoms with E-state index >= 15 is 0 Å². The average molecular weight is 723 g/mol. The summed E-state index contributed by atoms with van der Waals surface area (Å²) in [5.74, 6) is -2.65. The van der Waals surface area contributed by atoms with Gasteiger partial charge in [-0.25, -0.2) is 18.4 Å². The van der Waals surface area contributed by atoms with Crippen LogP contribution in [0.3, 0.4) is 0 Å². The van der Waals surface area contributed by atoms with E-state index < -0.39 is 58.4 Å². The van der Waals surface area contributed by atoms with Crippen LogP contribution in [-0.2, 0) is 33.3 Å². The van der Waals surface area contributed by atoms with E-state index in [-0.39, 0.29) is 28.0 Å². The van der Waals surface area contributed by atoms with Crippen molar-refractivity contribution in [1.82, 2.24) is 20.0 Å². The summed E-state index contributed by atoms with van der Waals surface area (Å²) in [7, 11) is 1.43. The SMILES string of the molecule is COC1C(n2cc(-c3cc(F)c(Cl)c(F)c3)nn2)[C@@H](OC(C)=O)C(COC(C)=O)O[C@@H]1Sc1cc(Cl)c(Cl)nc1N1CCOCC1. The molecule has 5 atom stereocenters. The van der Waals surface area contributed by atoms with Gasteiger partial charge in [0.2, 0.25) is 0 Å². The molecule has 0 bridgehead atoms. The van der Waals surface area contributed by atoms with Gasteiger partial charge in [0.1, 0.15) is 63.6 Å². The Bertz CT molecular complexity index is 1580. The van der Waals surface area contributed by atoms with Crippen LogP contribution in [0.4, 0.5) is 14.6 Å². The zero-order chi connectivity index (χ0) is 33.1. The van der Waals surface area contributed by atoms with Gasteiger partial charge in [-0.15, -0.1) is 5.10 Å². The highest BCUT2D eigenvalue weighted by molar-refractivity contribution is 8.00.